The van der Waals surface area contributed by atoms with Gasteiger partial charge in [-0.3, -0.25) is 4.79 Å². The van der Waals surface area contributed by atoms with Crippen molar-refractivity contribution in [2.75, 3.05) is 11.9 Å². The molecule has 0 unspecified atom stereocenters. The second-order valence-electron chi connectivity index (χ2n) is 9.73. The van der Waals surface area contributed by atoms with Gasteiger partial charge in [0, 0.05) is 34.2 Å². The minimum absolute atomic E-state index is 0.0667. The number of aryl methyl sites for hydroxylation is 1. The van der Waals surface area contributed by atoms with Crippen molar-refractivity contribution in [3.05, 3.63) is 50.6 Å². The lowest BCUT2D eigenvalue weighted by Gasteiger charge is -2.31. The monoisotopic (exact) mass is 479 g/mol. The largest absolute Gasteiger partial charge is 0.490 e. The van der Waals surface area contributed by atoms with Gasteiger partial charge in [0.15, 0.2) is 17.2 Å². The lowest BCUT2D eigenvalue weighted by atomic mass is 9.86. The second-order valence-corrected chi connectivity index (χ2v) is 9.73. The molecule has 35 heavy (non-hydrogen) atoms. The second kappa shape index (κ2) is 7.52. The normalized spacial score (nSPS) is 20.1. The first-order valence-corrected chi connectivity index (χ1v) is 12.0. The molecule has 0 radical (unpaired) electrons. The van der Waals surface area contributed by atoms with Gasteiger partial charge in [0.05, 0.1) is 41.3 Å². The van der Waals surface area contributed by atoms with Gasteiger partial charge in [0.2, 0.25) is 0 Å². The molecule has 0 aliphatic carbocycles. The number of carbonyl (C=O) groups is 1. The first-order chi connectivity index (χ1) is 16.7. The van der Waals surface area contributed by atoms with Crippen molar-refractivity contribution >= 4 is 22.6 Å². The molecular formula is C26H26FN3O5. The Kier molecular flexibility index (Phi) is 4.73. The number of benzene rings is 1. The van der Waals surface area contributed by atoms with Gasteiger partial charge in [-0.15, -0.1) is 0 Å². The first kappa shape index (κ1) is 22.0. The first-order valence-electron chi connectivity index (χ1n) is 12.0. The summed E-state index contributed by atoms with van der Waals surface area (Å²) in [5.74, 6) is -0.958. The molecule has 3 aliphatic rings. The lowest BCUT2D eigenvalue weighted by molar-refractivity contribution is -0.172. The average molecular weight is 480 g/mol. The Balaban J connectivity index is 1.67. The molecule has 1 atom stereocenters. The number of rotatable bonds is 3. The van der Waals surface area contributed by atoms with E-state index < -0.39 is 17.4 Å². The number of carbonyl (C=O) groups excluding carboxylic acids is 1. The zero-order valence-corrected chi connectivity index (χ0v) is 19.8. The highest BCUT2D eigenvalue weighted by Gasteiger charge is 2.45. The Morgan fingerprint density at radius 2 is 2.03 bits per heavy atom. The van der Waals surface area contributed by atoms with Crippen molar-refractivity contribution in [3.8, 4) is 17.1 Å². The van der Waals surface area contributed by atoms with Crippen LogP contribution in [-0.2, 0) is 34.7 Å². The van der Waals surface area contributed by atoms with E-state index in [0.29, 0.717) is 29.9 Å². The molecule has 1 aromatic carbocycles. The number of anilines is 1. The van der Waals surface area contributed by atoms with Gasteiger partial charge in [-0.05, 0) is 39.2 Å². The van der Waals surface area contributed by atoms with Crippen LogP contribution in [0, 0.1) is 5.82 Å². The molecule has 5 heterocycles. The maximum absolute atomic E-state index is 15.0. The van der Waals surface area contributed by atoms with Gasteiger partial charge in [0.1, 0.15) is 6.61 Å². The standard InChI is InChI=1S/C26H26FN3O5/c1-4-26(33)16-8-19-21-14(10-30(19)24(31)15(16)11-35-25(26)32)22(28-12(2)3)20-13-6-5-7-34-23(13)17(27)9-18(20)29-21/h8-9,12,33H,4-7,10-11H2,1-3H3,(H,28,29)/t26-/m0/s1. The van der Waals surface area contributed by atoms with Crippen LogP contribution in [0.3, 0.4) is 0 Å². The predicted octanol–water partition coefficient (Wildman–Crippen LogP) is 3.36. The summed E-state index contributed by atoms with van der Waals surface area (Å²) in [7, 11) is 0. The number of hydrogen-bond acceptors (Lipinski definition) is 7. The van der Waals surface area contributed by atoms with E-state index in [-0.39, 0.29) is 48.0 Å². The minimum Gasteiger partial charge on any atom is -0.490 e. The van der Waals surface area contributed by atoms with Crippen molar-refractivity contribution in [2.45, 2.75) is 64.8 Å². The zero-order chi connectivity index (χ0) is 24.6. The SMILES string of the molecule is CC[C@@]1(O)C(=O)OCc2c1cc1n(c2=O)Cc2c-1nc1cc(F)c3c(c1c2NC(C)C)CCCO3. The summed E-state index contributed by atoms with van der Waals surface area (Å²) in [5.41, 5.74) is 2.20. The van der Waals surface area contributed by atoms with Crippen molar-refractivity contribution in [2.24, 2.45) is 0 Å². The predicted molar refractivity (Wildman–Crippen MR) is 127 cm³/mol. The fourth-order valence-electron chi connectivity index (χ4n) is 5.54. The van der Waals surface area contributed by atoms with Crippen LogP contribution in [0.15, 0.2) is 16.9 Å². The number of aromatic nitrogens is 2. The van der Waals surface area contributed by atoms with Crippen molar-refractivity contribution < 1.29 is 23.8 Å². The summed E-state index contributed by atoms with van der Waals surface area (Å²) < 4.78 is 27.4. The summed E-state index contributed by atoms with van der Waals surface area (Å²) in [5, 5.41) is 15.4. The lowest BCUT2D eigenvalue weighted by Crippen LogP contribution is -2.44. The van der Waals surface area contributed by atoms with Crippen LogP contribution < -0.4 is 15.6 Å². The van der Waals surface area contributed by atoms with Crippen LogP contribution in [0.25, 0.3) is 22.3 Å². The third-order valence-electron chi connectivity index (χ3n) is 7.23. The van der Waals surface area contributed by atoms with Crippen LogP contribution in [0.2, 0.25) is 0 Å². The number of cyclic esters (lactones) is 1. The summed E-state index contributed by atoms with van der Waals surface area (Å²) in [4.78, 5) is 30.8. The zero-order valence-electron chi connectivity index (χ0n) is 19.8. The maximum Gasteiger partial charge on any atom is 0.343 e. The van der Waals surface area contributed by atoms with E-state index in [2.05, 4.69) is 5.32 Å². The van der Waals surface area contributed by atoms with Crippen LogP contribution in [-0.4, -0.2) is 33.3 Å². The molecule has 0 fully saturated rings. The summed E-state index contributed by atoms with van der Waals surface area (Å²) in [6.07, 6.45) is 1.51. The Morgan fingerprint density at radius 3 is 2.77 bits per heavy atom. The van der Waals surface area contributed by atoms with Gasteiger partial charge < -0.3 is 24.5 Å². The number of nitrogens with zero attached hydrogens (tertiary/aromatic N) is 2. The van der Waals surface area contributed by atoms with Crippen LogP contribution >= 0.6 is 0 Å². The van der Waals surface area contributed by atoms with Crippen LogP contribution in [0.1, 0.15) is 55.9 Å². The minimum atomic E-state index is -1.90. The van der Waals surface area contributed by atoms with Gasteiger partial charge >= 0.3 is 5.97 Å². The van der Waals surface area contributed by atoms with E-state index in [0.717, 1.165) is 28.6 Å². The summed E-state index contributed by atoms with van der Waals surface area (Å²) in [6.45, 7) is 6.24. The van der Waals surface area contributed by atoms with Gasteiger partial charge in [-0.2, -0.15) is 0 Å². The fourth-order valence-corrected chi connectivity index (χ4v) is 5.54. The van der Waals surface area contributed by atoms with E-state index in [1.807, 2.05) is 13.8 Å². The van der Waals surface area contributed by atoms with E-state index in [9.17, 15) is 19.1 Å². The van der Waals surface area contributed by atoms with E-state index in [1.165, 1.54) is 6.07 Å². The molecule has 2 aromatic heterocycles. The molecule has 6 rings (SSSR count). The van der Waals surface area contributed by atoms with E-state index in [1.54, 1.807) is 17.6 Å². The number of nitrogens with one attached hydrogen (secondary N) is 1. The third kappa shape index (κ3) is 2.97. The maximum atomic E-state index is 15.0. The van der Waals surface area contributed by atoms with Crippen molar-refractivity contribution in [1.82, 2.24) is 9.55 Å². The molecule has 0 saturated carbocycles. The quantitative estimate of drug-likeness (QED) is 0.435. The fraction of sp³-hybridized carbons (Fsp3) is 0.423. The van der Waals surface area contributed by atoms with Crippen LogP contribution in [0.5, 0.6) is 5.75 Å². The molecule has 0 amide bonds. The molecule has 0 saturated heterocycles. The summed E-state index contributed by atoms with van der Waals surface area (Å²) in [6, 6.07) is 3.12. The molecule has 3 aromatic rings. The van der Waals surface area contributed by atoms with Crippen molar-refractivity contribution in [1.29, 1.82) is 0 Å². The Bertz CT molecular complexity index is 1500. The van der Waals surface area contributed by atoms with E-state index in [4.69, 9.17) is 14.5 Å². The number of fused-ring (bicyclic) bond motifs is 7. The molecule has 2 N–H and O–H groups in total. The van der Waals surface area contributed by atoms with E-state index >= 15 is 0 Å². The summed E-state index contributed by atoms with van der Waals surface area (Å²) >= 11 is 0. The molecular weight excluding hydrogens is 453 g/mol. The van der Waals surface area contributed by atoms with Gasteiger partial charge in [-0.25, -0.2) is 14.2 Å². The van der Waals surface area contributed by atoms with Gasteiger partial charge in [-0.1, -0.05) is 6.92 Å². The van der Waals surface area contributed by atoms with Crippen molar-refractivity contribution in [3.63, 3.8) is 0 Å². The number of ether oxygens (including phenoxy) is 2. The number of aliphatic hydroxyl groups is 1. The van der Waals surface area contributed by atoms with Crippen LogP contribution in [0.4, 0.5) is 10.1 Å². The highest BCUT2D eigenvalue weighted by atomic mass is 19.1. The highest BCUT2D eigenvalue weighted by molar-refractivity contribution is 6.01. The molecule has 8 nitrogen and oxygen atoms in total. The Morgan fingerprint density at radius 1 is 1.23 bits per heavy atom. The number of halogens is 1. The average Bonchev–Trinajstić information content (AvgIpc) is 3.20. The van der Waals surface area contributed by atoms with Gasteiger partial charge in [0.25, 0.3) is 5.56 Å². The smallest absolute Gasteiger partial charge is 0.343 e. The third-order valence-corrected chi connectivity index (χ3v) is 7.23. The molecule has 9 heteroatoms. The number of hydrogen-bond donors (Lipinski definition) is 2. The Labute approximate surface area is 200 Å². The Hall–Kier alpha value is -3.46. The molecule has 0 spiro atoms. The number of esters is 1. The molecule has 0 bridgehead atoms. The highest BCUT2D eigenvalue weighted by Crippen LogP contribution is 2.45. The number of pyridine rings is 2. The topological polar surface area (TPSA) is 103 Å². The molecule has 3 aliphatic heterocycles. The molecule has 182 valence electrons.